The van der Waals surface area contributed by atoms with E-state index in [2.05, 4.69) is 0 Å². The molecule has 0 spiro atoms. The van der Waals surface area contributed by atoms with E-state index in [0.29, 0.717) is 0 Å². The second kappa shape index (κ2) is 5.90. The average molecular weight is 302 g/mol. The summed E-state index contributed by atoms with van der Waals surface area (Å²) in [5, 5.41) is 28.4. The van der Waals surface area contributed by atoms with Gasteiger partial charge in [-0.2, -0.15) is 0 Å². The molecule has 0 unspecified atom stereocenters. The van der Waals surface area contributed by atoms with Crippen LogP contribution in [0.4, 0.5) is 4.39 Å². The summed E-state index contributed by atoms with van der Waals surface area (Å²) in [6, 6.07) is 1.16. The summed E-state index contributed by atoms with van der Waals surface area (Å²) >= 11 is 0. The van der Waals surface area contributed by atoms with Crippen molar-refractivity contribution in [1.82, 2.24) is 4.57 Å². The van der Waals surface area contributed by atoms with Crippen LogP contribution in [0.2, 0.25) is 0 Å². The standard InChI is InChI=1S/C12H15FN2O6/c13-8-5(3-7(14)17)1-2-15(11(8)20)12-10(19)9(18)6(4-16)21-12/h1-2,6,9-10,12,16,18-19H,3-4H2,(H2,14,17)/t6-,9-,10-,12-/m1/s1. The van der Waals surface area contributed by atoms with E-state index in [1.807, 2.05) is 0 Å². The second-order valence-corrected chi connectivity index (χ2v) is 4.74. The van der Waals surface area contributed by atoms with E-state index < -0.39 is 54.9 Å². The summed E-state index contributed by atoms with van der Waals surface area (Å²) < 4.78 is 19.8. The Balaban J connectivity index is 2.36. The van der Waals surface area contributed by atoms with Gasteiger partial charge in [0, 0.05) is 11.8 Å². The molecular formula is C12H15FN2O6. The molecule has 0 radical (unpaired) electrons. The van der Waals surface area contributed by atoms with E-state index in [1.54, 1.807) is 0 Å². The summed E-state index contributed by atoms with van der Waals surface area (Å²) in [7, 11) is 0. The van der Waals surface area contributed by atoms with Crippen LogP contribution in [0.3, 0.4) is 0 Å². The molecule has 2 heterocycles. The van der Waals surface area contributed by atoms with Crippen LogP contribution in [0.1, 0.15) is 11.8 Å². The largest absolute Gasteiger partial charge is 0.394 e. The van der Waals surface area contributed by atoms with Crippen molar-refractivity contribution in [3.05, 3.63) is 34.0 Å². The minimum absolute atomic E-state index is 0.171. The Kier molecular flexibility index (Phi) is 4.37. The number of carbonyl (C=O) groups is 1. The average Bonchev–Trinajstić information content (AvgIpc) is 2.71. The molecule has 1 aromatic heterocycles. The van der Waals surface area contributed by atoms with Crippen LogP contribution in [-0.2, 0) is 16.0 Å². The zero-order chi connectivity index (χ0) is 15.7. The minimum atomic E-state index is -1.50. The lowest BCUT2D eigenvalue weighted by molar-refractivity contribution is -0.117. The predicted octanol–water partition coefficient (Wildman–Crippen LogP) is -2.37. The van der Waals surface area contributed by atoms with Crippen LogP contribution in [0, 0.1) is 5.82 Å². The highest BCUT2D eigenvalue weighted by Crippen LogP contribution is 2.28. The molecule has 1 aromatic rings. The van der Waals surface area contributed by atoms with E-state index in [4.69, 9.17) is 15.6 Å². The number of primary amides is 1. The second-order valence-electron chi connectivity index (χ2n) is 4.74. The molecule has 1 saturated heterocycles. The molecule has 0 aromatic carbocycles. The molecule has 116 valence electrons. The third-order valence-electron chi connectivity index (χ3n) is 3.30. The van der Waals surface area contributed by atoms with Gasteiger partial charge >= 0.3 is 0 Å². The molecule has 9 heteroatoms. The highest BCUT2D eigenvalue weighted by molar-refractivity contribution is 5.76. The van der Waals surface area contributed by atoms with Crippen molar-refractivity contribution in [3.8, 4) is 0 Å². The van der Waals surface area contributed by atoms with Gasteiger partial charge in [-0.05, 0) is 6.07 Å². The van der Waals surface area contributed by atoms with Crippen LogP contribution < -0.4 is 11.3 Å². The lowest BCUT2D eigenvalue weighted by atomic mass is 10.1. The highest BCUT2D eigenvalue weighted by atomic mass is 19.1. The fourth-order valence-corrected chi connectivity index (χ4v) is 2.20. The van der Waals surface area contributed by atoms with Crippen LogP contribution >= 0.6 is 0 Å². The number of carbonyl (C=O) groups excluding carboxylic acids is 1. The first-order chi connectivity index (χ1) is 9.86. The molecule has 1 amide bonds. The number of aliphatic hydroxyl groups excluding tert-OH is 3. The van der Waals surface area contributed by atoms with Gasteiger partial charge in [-0.15, -0.1) is 0 Å². The third kappa shape index (κ3) is 2.81. The summed E-state index contributed by atoms with van der Waals surface area (Å²) in [5.74, 6) is -1.98. The van der Waals surface area contributed by atoms with Gasteiger partial charge in [-0.25, -0.2) is 4.39 Å². The minimum Gasteiger partial charge on any atom is -0.394 e. The number of hydrogen-bond donors (Lipinski definition) is 4. The van der Waals surface area contributed by atoms with E-state index in [0.717, 1.165) is 16.8 Å². The number of nitrogens with zero attached hydrogens (tertiary/aromatic N) is 1. The summed E-state index contributed by atoms with van der Waals surface area (Å²) in [5.41, 5.74) is 3.65. The molecule has 21 heavy (non-hydrogen) atoms. The molecule has 8 nitrogen and oxygen atoms in total. The molecule has 5 N–H and O–H groups in total. The number of aliphatic hydroxyl groups is 3. The van der Waals surface area contributed by atoms with Crippen LogP contribution in [0.25, 0.3) is 0 Å². The van der Waals surface area contributed by atoms with Gasteiger partial charge in [-0.3, -0.25) is 14.2 Å². The topological polar surface area (TPSA) is 135 Å². The number of pyridine rings is 1. The van der Waals surface area contributed by atoms with Gasteiger partial charge in [0.25, 0.3) is 5.56 Å². The van der Waals surface area contributed by atoms with Crippen molar-refractivity contribution in [1.29, 1.82) is 0 Å². The summed E-state index contributed by atoms with van der Waals surface area (Å²) in [6.07, 6.45) is -4.62. The Labute approximate surface area is 118 Å². The molecule has 1 aliphatic heterocycles. The Morgan fingerprint density at radius 1 is 1.43 bits per heavy atom. The zero-order valence-electron chi connectivity index (χ0n) is 10.8. The Morgan fingerprint density at radius 3 is 2.62 bits per heavy atom. The smallest absolute Gasteiger partial charge is 0.289 e. The van der Waals surface area contributed by atoms with Gasteiger partial charge in [0.05, 0.1) is 13.0 Å². The molecule has 1 fully saturated rings. The van der Waals surface area contributed by atoms with Crippen molar-refractivity contribution in [2.24, 2.45) is 5.73 Å². The Hall–Kier alpha value is -1.81. The molecule has 0 saturated carbocycles. The van der Waals surface area contributed by atoms with E-state index in [9.17, 15) is 24.2 Å². The number of aromatic nitrogens is 1. The van der Waals surface area contributed by atoms with Gasteiger partial charge in [-0.1, -0.05) is 0 Å². The molecule has 0 bridgehead atoms. The molecule has 4 atom stereocenters. The zero-order valence-corrected chi connectivity index (χ0v) is 10.8. The monoisotopic (exact) mass is 302 g/mol. The molecule has 1 aliphatic rings. The van der Waals surface area contributed by atoms with Gasteiger partial charge in [0.15, 0.2) is 12.0 Å². The quantitative estimate of drug-likeness (QED) is 0.491. The van der Waals surface area contributed by atoms with Crippen LogP contribution in [-0.4, -0.2) is 50.7 Å². The van der Waals surface area contributed by atoms with Crippen molar-refractivity contribution in [3.63, 3.8) is 0 Å². The van der Waals surface area contributed by atoms with Crippen molar-refractivity contribution < 1.29 is 29.2 Å². The maximum Gasteiger partial charge on any atom is 0.289 e. The summed E-state index contributed by atoms with van der Waals surface area (Å²) in [4.78, 5) is 22.7. The Morgan fingerprint density at radius 2 is 2.10 bits per heavy atom. The van der Waals surface area contributed by atoms with E-state index >= 15 is 0 Å². The molecule has 2 rings (SSSR count). The number of halogens is 1. The fraction of sp³-hybridized carbons (Fsp3) is 0.500. The van der Waals surface area contributed by atoms with Crippen LogP contribution in [0.15, 0.2) is 17.1 Å². The van der Waals surface area contributed by atoms with Gasteiger partial charge in [0.2, 0.25) is 5.91 Å². The number of nitrogens with two attached hydrogens (primary N) is 1. The first-order valence-electron chi connectivity index (χ1n) is 6.17. The predicted molar refractivity (Wildman–Crippen MR) is 66.6 cm³/mol. The molecule has 0 aliphatic carbocycles. The first kappa shape index (κ1) is 15.6. The van der Waals surface area contributed by atoms with E-state index in [1.165, 1.54) is 0 Å². The molecular weight excluding hydrogens is 287 g/mol. The lowest BCUT2D eigenvalue weighted by Crippen LogP contribution is -2.36. The number of hydrogen-bond acceptors (Lipinski definition) is 6. The van der Waals surface area contributed by atoms with E-state index in [-0.39, 0.29) is 5.56 Å². The highest BCUT2D eigenvalue weighted by Gasteiger charge is 2.43. The van der Waals surface area contributed by atoms with Crippen molar-refractivity contribution >= 4 is 5.91 Å². The first-order valence-corrected chi connectivity index (χ1v) is 6.17. The van der Waals surface area contributed by atoms with Crippen LogP contribution in [0.5, 0.6) is 0 Å². The third-order valence-corrected chi connectivity index (χ3v) is 3.30. The fourth-order valence-electron chi connectivity index (χ4n) is 2.20. The van der Waals surface area contributed by atoms with Crippen molar-refractivity contribution in [2.75, 3.05) is 6.61 Å². The number of amides is 1. The lowest BCUT2D eigenvalue weighted by Gasteiger charge is -2.18. The normalized spacial score (nSPS) is 28.8. The van der Waals surface area contributed by atoms with Gasteiger partial charge in [0.1, 0.15) is 18.3 Å². The maximum absolute atomic E-state index is 13.9. The number of ether oxygens (including phenoxy) is 1. The SMILES string of the molecule is NC(=O)Cc1ccn([C@@H]2O[C@H](CO)[C@@H](O)[C@H]2O)c(=O)c1F. The Bertz CT molecular complexity index is 604. The van der Waals surface area contributed by atoms with Gasteiger partial charge < -0.3 is 25.8 Å². The number of rotatable bonds is 4. The summed E-state index contributed by atoms with van der Waals surface area (Å²) in [6.45, 7) is -0.564. The maximum atomic E-state index is 13.9. The van der Waals surface area contributed by atoms with Crippen molar-refractivity contribution in [2.45, 2.75) is 31.0 Å².